The van der Waals surface area contributed by atoms with Crippen LogP contribution in [-0.4, -0.2) is 5.11 Å². The zero-order valence-corrected chi connectivity index (χ0v) is 10.6. The lowest BCUT2D eigenvalue weighted by molar-refractivity contribution is 0.199. The van der Waals surface area contributed by atoms with Gasteiger partial charge in [0, 0.05) is 4.47 Å². The van der Waals surface area contributed by atoms with Crippen LogP contribution in [0.3, 0.4) is 0 Å². The molecule has 15 heavy (non-hydrogen) atoms. The van der Waals surface area contributed by atoms with Gasteiger partial charge >= 0.3 is 0 Å². The third-order valence-electron chi connectivity index (χ3n) is 3.30. The molecule has 1 fully saturated rings. The Labute approximate surface area is 99.6 Å². The summed E-state index contributed by atoms with van der Waals surface area (Å²) in [5, 5.41) is 9.48. The Hall–Kier alpha value is -0.340. The first-order valence-electron chi connectivity index (χ1n) is 5.66. The van der Waals surface area contributed by atoms with Crippen LogP contribution in [-0.2, 0) is 0 Å². The molecular formula is C13H17BrO. The van der Waals surface area contributed by atoms with Gasteiger partial charge in [-0.15, -0.1) is 0 Å². The average molecular weight is 269 g/mol. The Morgan fingerprint density at radius 2 is 2.00 bits per heavy atom. The minimum absolute atomic E-state index is 0.376. The highest BCUT2D eigenvalue weighted by Gasteiger charge is 2.19. The molecule has 0 amide bonds. The van der Waals surface area contributed by atoms with Gasteiger partial charge in [-0.2, -0.15) is 0 Å². The standard InChI is InChI=1S/C13H17BrO/c1-9(15)11-6-7-12(13(14)8-11)10-4-2-3-5-10/h6-10,15H,2-5H2,1H3. The highest BCUT2D eigenvalue weighted by molar-refractivity contribution is 9.10. The van der Waals surface area contributed by atoms with Crippen molar-refractivity contribution in [2.45, 2.75) is 44.6 Å². The first kappa shape index (κ1) is 11.2. The molecule has 0 bridgehead atoms. The maximum Gasteiger partial charge on any atom is 0.0762 e. The van der Waals surface area contributed by atoms with Crippen molar-refractivity contribution >= 4 is 15.9 Å². The van der Waals surface area contributed by atoms with Crippen molar-refractivity contribution in [2.75, 3.05) is 0 Å². The number of hydrogen-bond donors (Lipinski definition) is 1. The minimum atomic E-state index is -0.376. The van der Waals surface area contributed by atoms with Gasteiger partial charge in [0.15, 0.2) is 0 Å². The van der Waals surface area contributed by atoms with Gasteiger partial charge in [-0.05, 0) is 42.9 Å². The molecule has 1 N–H and O–H groups in total. The molecule has 0 heterocycles. The first-order chi connectivity index (χ1) is 7.18. The van der Waals surface area contributed by atoms with Crippen molar-refractivity contribution in [1.29, 1.82) is 0 Å². The van der Waals surface area contributed by atoms with E-state index >= 15 is 0 Å². The van der Waals surface area contributed by atoms with Crippen LogP contribution < -0.4 is 0 Å². The van der Waals surface area contributed by atoms with Crippen LogP contribution in [0.5, 0.6) is 0 Å². The molecule has 2 rings (SSSR count). The number of benzene rings is 1. The summed E-state index contributed by atoms with van der Waals surface area (Å²) >= 11 is 3.61. The molecule has 82 valence electrons. The van der Waals surface area contributed by atoms with E-state index in [1.165, 1.54) is 31.2 Å². The largest absolute Gasteiger partial charge is 0.389 e. The van der Waals surface area contributed by atoms with E-state index in [4.69, 9.17) is 0 Å². The van der Waals surface area contributed by atoms with Crippen LogP contribution in [0.4, 0.5) is 0 Å². The summed E-state index contributed by atoms with van der Waals surface area (Å²) in [5.41, 5.74) is 2.40. The lowest BCUT2D eigenvalue weighted by atomic mass is 9.96. The van der Waals surface area contributed by atoms with Crippen LogP contribution in [0.25, 0.3) is 0 Å². The highest BCUT2D eigenvalue weighted by Crippen LogP contribution is 2.38. The number of aliphatic hydroxyl groups excluding tert-OH is 1. The second-order valence-electron chi connectivity index (χ2n) is 4.44. The molecular weight excluding hydrogens is 252 g/mol. The topological polar surface area (TPSA) is 20.2 Å². The SMILES string of the molecule is CC(O)c1ccc(C2CCCC2)c(Br)c1. The van der Waals surface area contributed by atoms with E-state index in [9.17, 15) is 5.11 Å². The van der Waals surface area contributed by atoms with Crippen LogP contribution in [0.15, 0.2) is 22.7 Å². The number of rotatable bonds is 2. The van der Waals surface area contributed by atoms with Gasteiger partial charge in [-0.1, -0.05) is 40.9 Å². The molecule has 2 heteroatoms. The second kappa shape index (κ2) is 4.67. The number of aliphatic hydroxyl groups is 1. The smallest absolute Gasteiger partial charge is 0.0762 e. The van der Waals surface area contributed by atoms with Gasteiger partial charge in [0.25, 0.3) is 0 Å². The van der Waals surface area contributed by atoms with Crippen molar-refractivity contribution in [3.63, 3.8) is 0 Å². The monoisotopic (exact) mass is 268 g/mol. The van der Waals surface area contributed by atoms with Gasteiger partial charge in [0.1, 0.15) is 0 Å². The van der Waals surface area contributed by atoms with Crippen LogP contribution in [0.2, 0.25) is 0 Å². The van der Waals surface area contributed by atoms with Crippen molar-refractivity contribution in [2.24, 2.45) is 0 Å². The highest BCUT2D eigenvalue weighted by atomic mass is 79.9. The predicted molar refractivity (Wildman–Crippen MR) is 66.0 cm³/mol. The van der Waals surface area contributed by atoms with Gasteiger partial charge in [-0.25, -0.2) is 0 Å². The van der Waals surface area contributed by atoms with E-state index in [2.05, 4.69) is 28.1 Å². The molecule has 1 unspecified atom stereocenters. The van der Waals surface area contributed by atoms with Crippen molar-refractivity contribution in [3.05, 3.63) is 33.8 Å². The Kier molecular flexibility index (Phi) is 3.47. The summed E-state index contributed by atoms with van der Waals surface area (Å²) in [6.07, 6.45) is 4.96. The summed E-state index contributed by atoms with van der Waals surface area (Å²) in [6, 6.07) is 6.27. The van der Waals surface area contributed by atoms with E-state index in [-0.39, 0.29) is 6.10 Å². The molecule has 0 aliphatic heterocycles. The molecule has 1 aliphatic carbocycles. The van der Waals surface area contributed by atoms with Gasteiger partial charge in [-0.3, -0.25) is 0 Å². The Bertz CT molecular complexity index is 340. The van der Waals surface area contributed by atoms with Gasteiger partial charge < -0.3 is 5.11 Å². The molecule has 1 atom stereocenters. The van der Waals surface area contributed by atoms with Crippen molar-refractivity contribution in [3.8, 4) is 0 Å². The fraction of sp³-hybridized carbons (Fsp3) is 0.538. The van der Waals surface area contributed by atoms with E-state index in [0.717, 1.165) is 16.0 Å². The van der Waals surface area contributed by atoms with E-state index in [1.807, 2.05) is 6.07 Å². The Morgan fingerprint density at radius 1 is 1.33 bits per heavy atom. The molecule has 1 nitrogen and oxygen atoms in total. The fourth-order valence-electron chi connectivity index (χ4n) is 2.37. The number of halogens is 1. The van der Waals surface area contributed by atoms with Gasteiger partial charge in [0.05, 0.1) is 6.10 Å². The van der Waals surface area contributed by atoms with Crippen LogP contribution in [0, 0.1) is 0 Å². The molecule has 0 saturated heterocycles. The summed E-state index contributed by atoms with van der Waals surface area (Å²) in [7, 11) is 0. The molecule has 1 aromatic rings. The Balaban J connectivity index is 2.25. The molecule has 0 spiro atoms. The van der Waals surface area contributed by atoms with Crippen molar-refractivity contribution < 1.29 is 5.11 Å². The van der Waals surface area contributed by atoms with Gasteiger partial charge in [0.2, 0.25) is 0 Å². The van der Waals surface area contributed by atoms with E-state index in [0.29, 0.717) is 0 Å². The summed E-state index contributed by atoms with van der Waals surface area (Å²) in [5.74, 6) is 0.724. The Morgan fingerprint density at radius 3 is 2.53 bits per heavy atom. The maximum atomic E-state index is 9.48. The third kappa shape index (κ3) is 2.43. The zero-order valence-electron chi connectivity index (χ0n) is 9.04. The molecule has 0 radical (unpaired) electrons. The van der Waals surface area contributed by atoms with Crippen LogP contribution >= 0.6 is 15.9 Å². The lowest BCUT2D eigenvalue weighted by Gasteiger charge is -2.14. The first-order valence-corrected chi connectivity index (χ1v) is 6.45. The zero-order chi connectivity index (χ0) is 10.8. The van der Waals surface area contributed by atoms with Crippen LogP contribution in [0.1, 0.15) is 55.8 Å². The van der Waals surface area contributed by atoms with E-state index in [1.54, 1.807) is 6.92 Å². The normalized spacial score (nSPS) is 19.4. The number of hydrogen-bond acceptors (Lipinski definition) is 1. The molecule has 1 aromatic carbocycles. The fourth-order valence-corrected chi connectivity index (χ4v) is 3.09. The molecule has 0 aromatic heterocycles. The predicted octanol–water partition coefficient (Wildman–Crippen LogP) is 4.16. The lowest BCUT2D eigenvalue weighted by Crippen LogP contribution is -1.97. The molecule has 1 aliphatic rings. The van der Waals surface area contributed by atoms with E-state index < -0.39 is 0 Å². The average Bonchev–Trinajstić information content (AvgIpc) is 2.70. The minimum Gasteiger partial charge on any atom is -0.389 e. The second-order valence-corrected chi connectivity index (χ2v) is 5.29. The summed E-state index contributed by atoms with van der Waals surface area (Å²) < 4.78 is 1.16. The van der Waals surface area contributed by atoms with Crippen molar-refractivity contribution in [1.82, 2.24) is 0 Å². The quantitative estimate of drug-likeness (QED) is 0.854. The summed E-state index contributed by atoms with van der Waals surface area (Å²) in [4.78, 5) is 0. The molecule has 1 saturated carbocycles. The summed E-state index contributed by atoms with van der Waals surface area (Å²) in [6.45, 7) is 1.80. The maximum absolute atomic E-state index is 9.48. The third-order valence-corrected chi connectivity index (χ3v) is 3.99.